The maximum absolute atomic E-state index is 11.1. The van der Waals surface area contributed by atoms with Gasteiger partial charge in [-0.3, -0.25) is 4.79 Å². The average molecular weight is 225 g/mol. The summed E-state index contributed by atoms with van der Waals surface area (Å²) in [5.74, 6) is 0.105. The number of hydrogen-bond acceptors (Lipinski definition) is 4. The van der Waals surface area contributed by atoms with Gasteiger partial charge < -0.3 is 11.1 Å². The van der Waals surface area contributed by atoms with E-state index in [0.717, 1.165) is 6.54 Å². The Morgan fingerprint density at radius 3 is 3.07 bits per heavy atom. The predicted molar refractivity (Wildman–Crippen MR) is 64.2 cm³/mol. The van der Waals surface area contributed by atoms with Crippen LogP contribution in [0.5, 0.6) is 0 Å². The molecule has 0 saturated heterocycles. The fraction of sp³-hybridized carbons (Fsp3) is 0.400. The van der Waals surface area contributed by atoms with Crippen LogP contribution in [0.2, 0.25) is 0 Å². The average Bonchev–Trinajstić information content (AvgIpc) is 2.26. The van der Waals surface area contributed by atoms with Crippen molar-refractivity contribution in [3.8, 4) is 0 Å². The summed E-state index contributed by atoms with van der Waals surface area (Å²) in [6, 6.07) is 3.37. The molecule has 5 heteroatoms. The van der Waals surface area contributed by atoms with Gasteiger partial charge in [-0.25, -0.2) is 4.98 Å². The number of pyridine rings is 1. The summed E-state index contributed by atoms with van der Waals surface area (Å²) >= 11 is 1.75. The van der Waals surface area contributed by atoms with Crippen molar-refractivity contribution in [1.29, 1.82) is 0 Å². The number of carbonyl (C=O) groups excluding carboxylic acids is 1. The minimum atomic E-state index is -0.456. The number of rotatable bonds is 5. The van der Waals surface area contributed by atoms with Gasteiger partial charge in [-0.15, -0.1) is 0 Å². The lowest BCUT2D eigenvalue weighted by molar-refractivity contribution is 0.100. The third kappa shape index (κ3) is 3.43. The van der Waals surface area contributed by atoms with Crippen LogP contribution in [0.15, 0.2) is 18.3 Å². The Morgan fingerprint density at radius 1 is 1.73 bits per heavy atom. The zero-order valence-corrected chi connectivity index (χ0v) is 9.67. The summed E-state index contributed by atoms with van der Waals surface area (Å²) in [6.45, 7) is 2.86. The minimum Gasteiger partial charge on any atom is -0.368 e. The van der Waals surface area contributed by atoms with Crippen LogP contribution >= 0.6 is 11.8 Å². The number of thioether (sulfide) groups is 1. The molecule has 0 spiro atoms. The quantitative estimate of drug-likeness (QED) is 0.793. The van der Waals surface area contributed by atoms with Crippen molar-refractivity contribution in [2.24, 2.45) is 5.73 Å². The van der Waals surface area contributed by atoms with Crippen molar-refractivity contribution in [3.63, 3.8) is 0 Å². The maximum atomic E-state index is 11.1. The molecule has 0 aliphatic carbocycles. The van der Waals surface area contributed by atoms with Gasteiger partial charge >= 0.3 is 0 Å². The fourth-order valence-corrected chi connectivity index (χ4v) is 1.32. The standard InChI is InChI=1S/C10H15N3OS/c1-7(15-2)6-13-10-8(9(11)14)4-3-5-12-10/h3-5,7H,6H2,1-2H3,(H2,11,14)(H,12,13). The lowest BCUT2D eigenvalue weighted by Gasteiger charge is -2.11. The van der Waals surface area contributed by atoms with E-state index in [1.54, 1.807) is 30.1 Å². The van der Waals surface area contributed by atoms with E-state index < -0.39 is 5.91 Å². The molecule has 15 heavy (non-hydrogen) atoms. The SMILES string of the molecule is CSC(C)CNc1ncccc1C(N)=O. The number of aromatic nitrogens is 1. The fourth-order valence-electron chi connectivity index (χ4n) is 1.07. The number of primary amides is 1. The van der Waals surface area contributed by atoms with E-state index >= 15 is 0 Å². The Morgan fingerprint density at radius 2 is 2.47 bits per heavy atom. The van der Waals surface area contributed by atoms with Crippen LogP contribution in [0, 0.1) is 0 Å². The van der Waals surface area contributed by atoms with Gasteiger partial charge in [-0.2, -0.15) is 11.8 Å². The number of nitrogens with zero attached hydrogens (tertiary/aromatic N) is 1. The Kier molecular flexibility index (Phi) is 4.42. The van der Waals surface area contributed by atoms with Crippen molar-refractivity contribution in [1.82, 2.24) is 4.98 Å². The van der Waals surface area contributed by atoms with Crippen molar-refractivity contribution < 1.29 is 4.79 Å². The molecule has 1 atom stereocenters. The number of nitrogens with one attached hydrogen (secondary N) is 1. The van der Waals surface area contributed by atoms with Crippen molar-refractivity contribution in [2.45, 2.75) is 12.2 Å². The van der Waals surface area contributed by atoms with Gasteiger partial charge in [0.25, 0.3) is 5.91 Å². The first-order chi connectivity index (χ1) is 7.15. The van der Waals surface area contributed by atoms with E-state index in [-0.39, 0.29) is 0 Å². The third-order valence-electron chi connectivity index (χ3n) is 2.03. The maximum Gasteiger partial charge on any atom is 0.252 e. The van der Waals surface area contributed by atoms with Crippen LogP contribution in [0.3, 0.4) is 0 Å². The predicted octanol–water partition coefficient (Wildman–Crippen LogP) is 1.34. The molecule has 0 fully saturated rings. The number of anilines is 1. The van der Waals surface area contributed by atoms with E-state index in [1.165, 1.54) is 0 Å². The molecule has 1 aromatic rings. The van der Waals surface area contributed by atoms with Crippen LogP contribution in [0.25, 0.3) is 0 Å². The van der Waals surface area contributed by atoms with Gasteiger partial charge in [0.05, 0.1) is 5.56 Å². The van der Waals surface area contributed by atoms with Crippen LogP contribution in [-0.4, -0.2) is 28.9 Å². The molecule has 0 aliphatic heterocycles. The Hall–Kier alpha value is -1.23. The van der Waals surface area contributed by atoms with E-state index in [2.05, 4.69) is 17.2 Å². The van der Waals surface area contributed by atoms with Gasteiger partial charge in [-0.05, 0) is 18.4 Å². The monoisotopic (exact) mass is 225 g/mol. The zero-order chi connectivity index (χ0) is 11.3. The third-order valence-corrected chi connectivity index (χ3v) is 3.00. The molecule has 1 unspecified atom stereocenters. The van der Waals surface area contributed by atoms with E-state index in [9.17, 15) is 4.79 Å². The Balaban J connectivity index is 2.72. The molecule has 4 nitrogen and oxygen atoms in total. The highest BCUT2D eigenvalue weighted by molar-refractivity contribution is 7.99. The lowest BCUT2D eigenvalue weighted by Crippen LogP contribution is -2.19. The zero-order valence-electron chi connectivity index (χ0n) is 8.86. The summed E-state index contributed by atoms with van der Waals surface area (Å²) < 4.78 is 0. The molecular weight excluding hydrogens is 210 g/mol. The highest BCUT2D eigenvalue weighted by Gasteiger charge is 2.08. The summed E-state index contributed by atoms with van der Waals surface area (Å²) in [4.78, 5) is 15.2. The van der Waals surface area contributed by atoms with E-state index in [4.69, 9.17) is 5.73 Å². The van der Waals surface area contributed by atoms with Gasteiger partial charge in [0.15, 0.2) is 0 Å². The summed E-state index contributed by atoms with van der Waals surface area (Å²) in [6.07, 6.45) is 3.68. The highest BCUT2D eigenvalue weighted by atomic mass is 32.2. The lowest BCUT2D eigenvalue weighted by atomic mass is 10.2. The summed E-state index contributed by atoms with van der Waals surface area (Å²) in [7, 11) is 0. The second kappa shape index (κ2) is 5.60. The normalized spacial score (nSPS) is 12.1. The second-order valence-corrected chi connectivity index (χ2v) is 4.47. The van der Waals surface area contributed by atoms with Crippen LogP contribution in [-0.2, 0) is 0 Å². The van der Waals surface area contributed by atoms with Gasteiger partial charge in [0.2, 0.25) is 0 Å². The number of hydrogen-bond donors (Lipinski definition) is 2. The molecule has 1 amide bonds. The van der Waals surface area contributed by atoms with Gasteiger partial charge in [0.1, 0.15) is 5.82 Å². The second-order valence-electron chi connectivity index (χ2n) is 3.19. The highest BCUT2D eigenvalue weighted by Crippen LogP contribution is 2.12. The summed E-state index contributed by atoms with van der Waals surface area (Å²) in [5, 5.41) is 3.58. The number of nitrogens with two attached hydrogens (primary N) is 1. The summed E-state index contributed by atoms with van der Waals surface area (Å²) in [5.41, 5.74) is 5.67. The molecule has 0 aliphatic rings. The molecule has 1 aromatic heterocycles. The first-order valence-corrected chi connectivity index (χ1v) is 5.95. The van der Waals surface area contributed by atoms with Gasteiger partial charge in [-0.1, -0.05) is 6.92 Å². The topological polar surface area (TPSA) is 68.0 Å². The van der Waals surface area contributed by atoms with Crippen LogP contribution < -0.4 is 11.1 Å². The van der Waals surface area contributed by atoms with E-state index in [0.29, 0.717) is 16.6 Å². The van der Waals surface area contributed by atoms with Crippen LogP contribution in [0.4, 0.5) is 5.82 Å². The van der Waals surface area contributed by atoms with Crippen molar-refractivity contribution in [3.05, 3.63) is 23.9 Å². The smallest absolute Gasteiger partial charge is 0.252 e. The van der Waals surface area contributed by atoms with Crippen molar-refractivity contribution in [2.75, 3.05) is 18.1 Å². The molecule has 0 aromatic carbocycles. The molecular formula is C10H15N3OS. The minimum absolute atomic E-state index is 0.436. The molecule has 0 saturated carbocycles. The Labute approximate surface area is 93.7 Å². The van der Waals surface area contributed by atoms with Crippen LogP contribution in [0.1, 0.15) is 17.3 Å². The number of carbonyl (C=O) groups is 1. The molecule has 1 heterocycles. The molecule has 1 rings (SSSR count). The Bertz CT molecular complexity index is 343. The molecule has 0 radical (unpaired) electrons. The van der Waals surface area contributed by atoms with E-state index in [1.807, 2.05) is 6.26 Å². The number of amides is 1. The molecule has 0 bridgehead atoms. The first-order valence-electron chi connectivity index (χ1n) is 4.66. The molecule has 82 valence electrons. The van der Waals surface area contributed by atoms with Gasteiger partial charge in [0, 0.05) is 18.0 Å². The first kappa shape index (κ1) is 11.8. The van der Waals surface area contributed by atoms with Crippen molar-refractivity contribution >= 4 is 23.5 Å². The molecule has 3 N–H and O–H groups in total. The largest absolute Gasteiger partial charge is 0.368 e.